The number of aromatic nitrogens is 3. The van der Waals surface area contributed by atoms with Crippen molar-refractivity contribution in [3.8, 4) is 0 Å². The molecule has 0 aliphatic carbocycles. The Morgan fingerprint density at radius 1 is 1.59 bits per heavy atom. The summed E-state index contributed by atoms with van der Waals surface area (Å²) in [5.74, 6) is 0. The van der Waals surface area contributed by atoms with Gasteiger partial charge in [-0.3, -0.25) is 4.68 Å². The highest BCUT2D eigenvalue weighted by Gasteiger charge is 2.15. The first kappa shape index (κ1) is 12.5. The van der Waals surface area contributed by atoms with Crippen molar-refractivity contribution in [2.24, 2.45) is 12.8 Å². The Morgan fingerprint density at radius 2 is 2.47 bits per heavy atom. The van der Waals surface area contributed by atoms with E-state index in [2.05, 4.69) is 10.3 Å². The highest BCUT2D eigenvalue weighted by Crippen LogP contribution is 2.18. The van der Waals surface area contributed by atoms with Crippen LogP contribution in [0.1, 0.15) is 37.8 Å². The normalized spacial score (nSPS) is 22.6. The van der Waals surface area contributed by atoms with Crippen LogP contribution < -0.4 is 5.73 Å². The van der Waals surface area contributed by atoms with E-state index < -0.39 is 0 Å². The van der Waals surface area contributed by atoms with Crippen LogP contribution in [-0.2, 0) is 18.2 Å². The zero-order chi connectivity index (χ0) is 12.1. The Bertz CT molecular complexity index is 333. The number of hydrogen-bond acceptors (Lipinski definition) is 4. The third kappa shape index (κ3) is 4.09. The summed E-state index contributed by atoms with van der Waals surface area (Å²) in [6, 6.07) is 0.164. The molecule has 2 rings (SSSR count). The lowest BCUT2D eigenvalue weighted by Gasteiger charge is -2.23. The SMILES string of the molecule is Cn1cc(CC(N)CCC2CCCCO2)nn1. The van der Waals surface area contributed by atoms with Gasteiger partial charge in [-0.25, -0.2) is 0 Å². The number of ether oxygens (including phenoxy) is 1. The van der Waals surface area contributed by atoms with Gasteiger partial charge in [-0.1, -0.05) is 5.21 Å². The fourth-order valence-corrected chi connectivity index (χ4v) is 2.29. The van der Waals surface area contributed by atoms with Gasteiger partial charge < -0.3 is 10.5 Å². The number of hydrogen-bond donors (Lipinski definition) is 1. The topological polar surface area (TPSA) is 66.0 Å². The molecule has 0 bridgehead atoms. The molecule has 1 aromatic heterocycles. The molecule has 1 aromatic rings. The fourth-order valence-electron chi connectivity index (χ4n) is 2.29. The van der Waals surface area contributed by atoms with Crippen molar-refractivity contribution < 1.29 is 4.74 Å². The third-order valence-corrected chi connectivity index (χ3v) is 3.25. The molecule has 0 amide bonds. The van der Waals surface area contributed by atoms with E-state index in [9.17, 15) is 0 Å². The van der Waals surface area contributed by atoms with E-state index in [-0.39, 0.29) is 6.04 Å². The van der Waals surface area contributed by atoms with Crippen LogP contribution in [-0.4, -0.2) is 33.7 Å². The maximum Gasteiger partial charge on any atom is 0.0842 e. The Hall–Kier alpha value is -0.940. The minimum absolute atomic E-state index is 0.164. The van der Waals surface area contributed by atoms with Crippen molar-refractivity contribution in [1.29, 1.82) is 0 Å². The van der Waals surface area contributed by atoms with Crippen molar-refractivity contribution in [3.63, 3.8) is 0 Å². The van der Waals surface area contributed by atoms with E-state index in [4.69, 9.17) is 10.5 Å². The molecule has 2 unspecified atom stereocenters. The Balaban J connectivity index is 1.68. The van der Waals surface area contributed by atoms with Gasteiger partial charge >= 0.3 is 0 Å². The molecule has 96 valence electrons. The molecule has 2 heterocycles. The molecule has 1 fully saturated rings. The second-order valence-corrected chi connectivity index (χ2v) is 4.91. The molecule has 0 spiro atoms. The largest absolute Gasteiger partial charge is 0.378 e. The Kier molecular flexibility index (Phi) is 4.50. The predicted molar refractivity (Wildman–Crippen MR) is 65.5 cm³/mol. The zero-order valence-corrected chi connectivity index (χ0v) is 10.5. The average Bonchev–Trinajstić information content (AvgIpc) is 2.73. The second kappa shape index (κ2) is 6.12. The Morgan fingerprint density at radius 3 is 3.12 bits per heavy atom. The second-order valence-electron chi connectivity index (χ2n) is 4.91. The van der Waals surface area contributed by atoms with Crippen LogP contribution in [0.25, 0.3) is 0 Å². The van der Waals surface area contributed by atoms with E-state index >= 15 is 0 Å². The summed E-state index contributed by atoms with van der Waals surface area (Å²) in [5.41, 5.74) is 7.08. The molecule has 0 radical (unpaired) electrons. The molecule has 0 saturated carbocycles. The average molecular weight is 238 g/mol. The van der Waals surface area contributed by atoms with Gasteiger partial charge in [-0.15, -0.1) is 5.10 Å². The molecule has 2 atom stereocenters. The lowest BCUT2D eigenvalue weighted by atomic mass is 10.00. The van der Waals surface area contributed by atoms with E-state index in [0.29, 0.717) is 6.10 Å². The number of rotatable bonds is 5. The minimum Gasteiger partial charge on any atom is -0.378 e. The van der Waals surface area contributed by atoms with Crippen LogP contribution in [0.2, 0.25) is 0 Å². The van der Waals surface area contributed by atoms with Crippen LogP contribution in [0.5, 0.6) is 0 Å². The van der Waals surface area contributed by atoms with Crippen molar-refractivity contribution in [3.05, 3.63) is 11.9 Å². The highest BCUT2D eigenvalue weighted by molar-refractivity contribution is 4.95. The molecule has 5 heteroatoms. The molecule has 2 N–H and O–H groups in total. The summed E-state index contributed by atoms with van der Waals surface area (Å²) >= 11 is 0. The first-order valence-corrected chi connectivity index (χ1v) is 6.46. The van der Waals surface area contributed by atoms with E-state index in [1.807, 2.05) is 13.2 Å². The maximum atomic E-state index is 6.10. The summed E-state index contributed by atoms with van der Waals surface area (Å²) in [6.07, 6.45) is 8.93. The summed E-state index contributed by atoms with van der Waals surface area (Å²) in [5, 5.41) is 7.96. The van der Waals surface area contributed by atoms with E-state index in [1.165, 1.54) is 19.3 Å². The summed E-state index contributed by atoms with van der Waals surface area (Å²) < 4.78 is 7.41. The lowest BCUT2D eigenvalue weighted by molar-refractivity contribution is 0.00914. The van der Waals surface area contributed by atoms with Gasteiger partial charge in [-0.05, 0) is 32.1 Å². The van der Waals surface area contributed by atoms with Crippen LogP contribution in [0, 0.1) is 0 Å². The number of nitrogens with zero attached hydrogens (tertiary/aromatic N) is 3. The Labute approximate surface area is 102 Å². The quantitative estimate of drug-likeness (QED) is 0.832. The van der Waals surface area contributed by atoms with E-state index in [1.54, 1.807) is 4.68 Å². The molecule has 17 heavy (non-hydrogen) atoms. The van der Waals surface area contributed by atoms with Crippen LogP contribution in [0.3, 0.4) is 0 Å². The first-order valence-electron chi connectivity index (χ1n) is 6.46. The molecular formula is C12H22N4O. The lowest BCUT2D eigenvalue weighted by Crippen LogP contribution is -2.27. The predicted octanol–water partition coefficient (Wildman–Crippen LogP) is 1.03. The zero-order valence-electron chi connectivity index (χ0n) is 10.5. The molecular weight excluding hydrogens is 216 g/mol. The molecule has 1 aliphatic heterocycles. The van der Waals surface area contributed by atoms with Crippen LogP contribution >= 0.6 is 0 Å². The summed E-state index contributed by atoms with van der Waals surface area (Å²) in [7, 11) is 1.87. The molecule has 5 nitrogen and oxygen atoms in total. The standard InChI is InChI=1S/C12H22N4O/c1-16-9-11(14-15-16)8-10(13)5-6-12-4-2-3-7-17-12/h9-10,12H,2-8,13H2,1H3. The fraction of sp³-hybridized carbons (Fsp3) is 0.833. The third-order valence-electron chi connectivity index (χ3n) is 3.25. The van der Waals surface area contributed by atoms with Crippen molar-refractivity contribution in [2.75, 3.05) is 6.61 Å². The number of aryl methyl sites for hydroxylation is 1. The van der Waals surface area contributed by atoms with Crippen LogP contribution in [0.15, 0.2) is 6.20 Å². The van der Waals surface area contributed by atoms with Gasteiger partial charge in [0.05, 0.1) is 11.8 Å². The van der Waals surface area contributed by atoms with Gasteiger partial charge in [0.15, 0.2) is 0 Å². The van der Waals surface area contributed by atoms with Crippen molar-refractivity contribution in [1.82, 2.24) is 15.0 Å². The van der Waals surface area contributed by atoms with Gasteiger partial charge in [0.2, 0.25) is 0 Å². The smallest absolute Gasteiger partial charge is 0.0842 e. The van der Waals surface area contributed by atoms with Gasteiger partial charge in [-0.2, -0.15) is 0 Å². The summed E-state index contributed by atoms with van der Waals surface area (Å²) in [6.45, 7) is 0.921. The monoisotopic (exact) mass is 238 g/mol. The summed E-state index contributed by atoms with van der Waals surface area (Å²) in [4.78, 5) is 0. The maximum absolute atomic E-state index is 6.10. The van der Waals surface area contributed by atoms with Crippen LogP contribution in [0.4, 0.5) is 0 Å². The molecule has 1 aliphatic rings. The number of nitrogens with two attached hydrogens (primary N) is 1. The molecule has 0 aromatic carbocycles. The van der Waals surface area contributed by atoms with Crippen molar-refractivity contribution >= 4 is 0 Å². The van der Waals surface area contributed by atoms with Gasteiger partial charge in [0, 0.05) is 32.3 Å². The van der Waals surface area contributed by atoms with E-state index in [0.717, 1.165) is 31.6 Å². The van der Waals surface area contributed by atoms with Crippen molar-refractivity contribution in [2.45, 2.75) is 50.7 Å². The highest BCUT2D eigenvalue weighted by atomic mass is 16.5. The van der Waals surface area contributed by atoms with Gasteiger partial charge in [0.1, 0.15) is 0 Å². The first-order chi connectivity index (χ1) is 8.24. The molecule has 1 saturated heterocycles. The van der Waals surface area contributed by atoms with Gasteiger partial charge in [0.25, 0.3) is 0 Å². The minimum atomic E-state index is 0.164.